The molecule has 68 heavy (non-hydrogen) atoms. The molecule has 4 aliphatic heterocycles. The molecule has 358 valence electrons. The topological polar surface area (TPSA) is 198 Å². The lowest BCUT2D eigenvalue weighted by molar-refractivity contribution is -0.0828. The van der Waals surface area contributed by atoms with Crippen molar-refractivity contribution in [2.24, 2.45) is 23.7 Å². The number of benzene rings is 2. The summed E-state index contributed by atoms with van der Waals surface area (Å²) in [5.41, 5.74) is 5.77. The van der Waals surface area contributed by atoms with Crippen molar-refractivity contribution in [3.05, 3.63) is 101 Å². The first-order valence-corrected chi connectivity index (χ1v) is 23.9. The van der Waals surface area contributed by atoms with Crippen LogP contribution in [-0.4, -0.2) is 112 Å². The minimum atomic E-state index is -0.750. The number of nitrogens with one attached hydrogen (secondary N) is 1. The number of anilines is 1. The third kappa shape index (κ3) is 11.2. The molecule has 0 saturated carbocycles. The summed E-state index contributed by atoms with van der Waals surface area (Å²) < 4.78 is 102. The van der Waals surface area contributed by atoms with Gasteiger partial charge in [0.2, 0.25) is 17.7 Å². The van der Waals surface area contributed by atoms with Gasteiger partial charge in [0.05, 0.1) is 49.9 Å². The number of thiophene rings is 2. The molecule has 4 bridgehead atoms. The molecule has 4 saturated heterocycles. The molecule has 4 atom stereocenters. The summed E-state index contributed by atoms with van der Waals surface area (Å²) in [5, 5.41) is 7.28. The fraction of sp³-hybridized carbons (Fsp3) is 0.364. The van der Waals surface area contributed by atoms with Crippen molar-refractivity contribution in [2.75, 3.05) is 57.5 Å². The molecule has 5 aromatic heterocycles. The zero-order valence-electron chi connectivity index (χ0n) is 36.1. The highest BCUT2D eigenvalue weighted by Gasteiger charge is 2.43. The van der Waals surface area contributed by atoms with Crippen LogP contribution in [-0.2, 0) is 32.6 Å². The maximum atomic E-state index is 14.6. The zero-order valence-corrected chi connectivity index (χ0v) is 40.2. The first kappa shape index (κ1) is 50.5. The van der Waals surface area contributed by atoms with Crippen LogP contribution in [0.4, 0.5) is 19.1 Å². The molecule has 16 nitrogen and oxygen atoms in total. The smallest absolute Gasteiger partial charge is 0.335 e. The van der Waals surface area contributed by atoms with Crippen LogP contribution in [0.2, 0.25) is 0 Å². The second-order valence-electron chi connectivity index (χ2n) is 16.2. The van der Waals surface area contributed by atoms with Crippen molar-refractivity contribution in [3.63, 3.8) is 0 Å². The van der Waals surface area contributed by atoms with Gasteiger partial charge in [0.25, 0.3) is 0 Å². The van der Waals surface area contributed by atoms with Crippen LogP contribution >= 0.6 is 35.1 Å². The Morgan fingerprint density at radius 1 is 0.632 bits per heavy atom. The van der Waals surface area contributed by atoms with Gasteiger partial charge in [-0.3, -0.25) is 0 Å². The van der Waals surface area contributed by atoms with Gasteiger partial charge in [-0.25, -0.2) is 43.1 Å². The largest absolute Gasteiger partial charge is 0.472 e. The van der Waals surface area contributed by atoms with Crippen molar-refractivity contribution < 1.29 is 49.0 Å². The lowest BCUT2D eigenvalue weighted by Crippen LogP contribution is -2.58. The average molecular weight is 1030 g/mol. The van der Waals surface area contributed by atoms with Gasteiger partial charge >= 0.3 is 23.1 Å². The number of ether oxygens (including phenoxy) is 4. The number of rotatable bonds is 7. The van der Waals surface area contributed by atoms with Gasteiger partial charge in [-0.15, -0.1) is 35.1 Å². The highest BCUT2D eigenvalue weighted by molar-refractivity contribution is 7.52. The molecule has 4 unspecified atom stereocenters. The minimum absolute atomic E-state index is 0. The molecule has 0 aliphatic carbocycles. The molecule has 2 aromatic carbocycles. The van der Waals surface area contributed by atoms with Gasteiger partial charge in [-0.2, -0.15) is 16.8 Å². The monoisotopic (exact) mass is 1030 g/mol. The van der Waals surface area contributed by atoms with Crippen LogP contribution in [0.5, 0.6) is 11.8 Å². The molecular formula is C44H42ClF3N8O8S4. The van der Waals surface area contributed by atoms with Gasteiger partial charge < -0.3 is 29.2 Å². The number of aromatic nitrogens is 6. The van der Waals surface area contributed by atoms with E-state index < -0.39 is 29.0 Å². The van der Waals surface area contributed by atoms with Crippen LogP contribution in [0.1, 0.15) is 11.1 Å². The number of hydrogen-bond donors (Lipinski definition) is 1. The van der Waals surface area contributed by atoms with Crippen molar-refractivity contribution in [3.8, 4) is 34.0 Å². The summed E-state index contributed by atoms with van der Waals surface area (Å²) in [6.45, 7) is 9.26. The van der Waals surface area contributed by atoms with Gasteiger partial charge in [0, 0.05) is 82.9 Å². The third-order valence-electron chi connectivity index (χ3n) is 11.8. The van der Waals surface area contributed by atoms with Crippen molar-refractivity contribution in [1.82, 2.24) is 35.2 Å². The quantitative estimate of drug-likeness (QED) is 0.175. The highest BCUT2D eigenvalue weighted by Crippen LogP contribution is 2.41. The van der Waals surface area contributed by atoms with Crippen molar-refractivity contribution in [2.45, 2.75) is 26.1 Å². The fourth-order valence-corrected chi connectivity index (χ4v) is 10.7. The minimum Gasteiger partial charge on any atom is -0.472 e. The summed E-state index contributed by atoms with van der Waals surface area (Å²) >= 11 is 1.45. The molecule has 4 aliphatic rings. The Kier molecular flexibility index (Phi) is 17.3. The SMILES string of the molecule is Cc1ccc(-c2csc3c(OC4C5CNCC4COC5)ncnc23)c(F)c1.Cc1ccc(-c2csc3c(OC4C5COCC4CN(c4ncc(F)cn4)C5)ncnc23)c(F)c1.Cl.O=S=O.O=S=O. The van der Waals surface area contributed by atoms with E-state index in [0.29, 0.717) is 85.7 Å². The van der Waals surface area contributed by atoms with E-state index in [0.717, 1.165) is 50.3 Å². The van der Waals surface area contributed by atoms with E-state index >= 15 is 0 Å². The fourth-order valence-electron chi connectivity index (χ4n) is 8.81. The van der Waals surface area contributed by atoms with Gasteiger partial charge in [0.1, 0.15) is 45.9 Å². The molecule has 11 rings (SSSR count). The van der Waals surface area contributed by atoms with E-state index in [-0.39, 0.29) is 48.1 Å². The maximum Gasteiger partial charge on any atom is 0.335 e. The number of piperidine rings is 2. The van der Waals surface area contributed by atoms with E-state index in [4.69, 9.17) is 35.8 Å². The maximum absolute atomic E-state index is 14.6. The first-order valence-electron chi connectivity index (χ1n) is 20.8. The van der Waals surface area contributed by atoms with Crippen LogP contribution in [0.25, 0.3) is 42.7 Å². The van der Waals surface area contributed by atoms with Crippen LogP contribution in [0, 0.1) is 55.0 Å². The summed E-state index contributed by atoms with van der Waals surface area (Å²) in [6, 6.07) is 10.5. The standard InChI is InChI=1S/C24H21F2N5O2S.C20H20FN3O2S.ClH.2O2S/c1-13-2-3-17(19(26)4-13)18-11-34-22-20(18)29-12-30-23(22)33-21-14-7-31(8-15(21)10-32-9-14)24-27-5-16(25)6-28-24;1-11-2-3-14(16(21)4-11)15-9-27-19-17(15)23-10-24-20(19)26-18-12-5-22-6-13(18)8-25-7-12;;2*1-3-2/h2-6,11-12,14-15,21H,7-10H2,1H3;2-4,9-10,12-13,18,22H,5-8H2,1H3;1H;;. The zero-order chi connectivity index (χ0) is 47.0. The van der Waals surface area contributed by atoms with E-state index in [9.17, 15) is 13.2 Å². The second-order valence-corrected chi connectivity index (χ2v) is 18.2. The second kappa shape index (κ2) is 23.3. The van der Waals surface area contributed by atoms with Crippen molar-refractivity contribution >= 4 is 84.6 Å². The highest BCUT2D eigenvalue weighted by atomic mass is 35.5. The number of aryl methyl sites for hydroxylation is 2. The molecule has 0 amide bonds. The Balaban J connectivity index is 0.000000182. The van der Waals surface area contributed by atoms with Gasteiger partial charge in [0.15, 0.2) is 5.82 Å². The number of hydrogen-bond acceptors (Lipinski definition) is 18. The lowest BCUT2D eigenvalue weighted by atomic mass is 9.84. The van der Waals surface area contributed by atoms with Crippen LogP contribution in [0.15, 0.2) is 72.2 Å². The molecule has 1 N–H and O–H groups in total. The lowest BCUT2D eigenvalue weighted by Gasteiger charge is -2.46. The summed E-state index contributed by atoms with van der Waals surface area (Å²) in [6.07, 6.45) is 5.31. The normalized spacial score (nSPS) is 21.3. The summed E-state index contributed by atoms with van der Waals surface area (Å²) in [7, 11) is 0. The van der Waals surface area contributed by atoms with Crippen molar-refractivity contribution in [1.29, 1.82) is 0 Å². The molecular weight excluding hydrogens is 989 g/mol. The summed E-state index contributed by atoms with van der Waals surface area (Å²) in [4.78, 5) is 28.0. The molecule has 7 aromatic rings. The third-order valence-corrected chi connectivity index (χ3v) is 13.7. The van der Waals surface area contributed by atoms with E-state index in [1.807, 2.05) is 42.8 Å². The van der Waals surface area contributed by atoms with Crippen LogP contribution < -0.4 is 19.7 Å². The number of nitrogens with zero attached hydrogens (tertiary/aromatic N) is 7. The van der Waals surface area contributed by atoms with E-state index in [1.54, 1.807) is 12.1 Å². The molecule has 0 radical (unpaired) electrons. The molecule has 4 fully saturated rings. The Labute approximate surface area is 408 Å². The number of fused-ring (bicyclic) bond motifs is 6. The molecule has 9 heterocycles. The Bertz CT molecular complexity index is 2880. The Morgan fingerprint density at radius 3 is 1.50 bits per heavy atom. The first-order chi connectivity index (χ1) is 32.6. The molecule has 0 spiro atoms. The summed E-state index contributed by atoms with van der Waals surface area (Å²) in [5.74, 6) is 1.40. The predicted molar refractivity (Wildman–Crippen MR) is 252 cm³/mol. The predicted octanol–water partition coefficient (Wildman–Crippen LogP) is 6.77. The van der Waals surface area contributed by atoms with Gasteiger partial charge in [-0.1, -0.05) is 24.3 Å². The van der Waals surface area contributed by atoms with E-state index in [2.05, 4.69) is 40.1 Å². The Morgan fingerprint density at radius 2 is 1.06 bits per heavy atom. The van der Waals surface area contributed by atoms with E-state index in [1.165, 1.54) is 53.8 Å². The average Bonchev–Trinajstić information content (AvgIpc) is 3.94. The molecule has 24 heteroatoms. The van der Waals surface area contributed by atoms with Gasteiger partial charge in [-0.05, 0) is 37.1 Å². The van der Waals surface area contributed by atoms with Crippen LogP contribution in [0.3, 0.4) is 0 Å². The number of halogens is 4. The Hall–Kier alpha value is -5.40.